The van der Waals surface area contributed by atoms with Crippen molar-refractivity contribution in [3.8, 4) is 0 Å². The minimum atomic E-state index is -0.903. The molecule has 2 heterocycles. The summed E-state index contributed by atoms with van der Waals surface area (Å²) in [5.74, 6) is 0.149. The Morgan fingerprint density at radius 3 is 2.29 bits per heavy atom. The molecule has 1 atom stereocenters. The van der Waals surface area contributed by atoms with E-state index < -0.39 is 23.3 Å². The quantitative estimate of drug-likeness (QED) is 0.254. The molecule has 2 aromatic carbocycles. The van der Waals surface area contributed by atoms with E-state index in [9.17, 15) is 14.4 Å². The van der Waals surface area contributed by atoms with Gasteiger partial charge in [-0.15, -0.1) is 0 Å². The van der Waals surface area contributed by atoms with E-state index in [0.29, 0.717) is 28.3 Å². The third-order valence-corrected chi connectivity index (χ3v) is 6.93. The van der Waals surface area contributed by atoms with Crippen LogP contribution in [0, 0.1) is 0 Å². The Morgan fingerprint density at radius 1 is 1.00 bits per heavy atom. The molecular weight excluding hydrogens is 554 g/mol. The van der Waals surface area contributed by atoms with Gasteiger partial charge in [-0.05, 0) is 83.0 Å². The summed E-state index contributed by atoms with van der Waals surface area (Å²) in [4.78, 5) is 42.4. The molecule has 4 rings (SSSR count). The summed E-state index contributed by atoms with van der Waals surface area (Å²) in [6.07, 6.45) is 1.59. The Kier molecular flexibility index (Phi) is 9.11. The molecule has 10 heteroatoms. The molecule has 0 radical (unpaired) electrons. The molecule has 2 aromatic heterocycles. The molecule has 0 aliphatic rings. The highest BCUT2D eigenvalue weighted by molar-refractivity contribution is 6.30. The van der Waals surface area contributed by atoms with Gasteiger partial charge in [-0.25, -0.2) is 9.31 Å². The lowest BCUT2D eigenvalue weighted by Crippen LogP contribution is -2.55. The SMILES string of the molecule is CCC(c1nn2cccc2c(=O)n1Cc1ccccc1)N(CC(C)(C)NC(=O)OC(C)(C)C)C(=O)c1ccc(Cl)cc1. The number of benzene rings is 2. The summed E-state index contributed by atoms with van der Waals surface area (Å²) < 4.78 is 8.68. The number of nitrogens with zero attached hydrogens (tertiary/aromatic N) is 4. The fraction of sp³-hybridized carbons (Fsp3) is 0.375. The maximum absolute atomic E-state index is 14.2. The summed E-state index contributed by atoms with van der Waals surface area (Å²) in [5, 5.41) is 8.28. The number of carbonyl (C=O) groups excluding carboxylic acids is 2. The molecule has 9 nitrogen and oxygen atoms in total. The largest absolute Gasteiger partial charge is 0.444 e. The predicted octanol–water partition coefficient (Wildman–Crippen LogP) is 6.09. The highest BCUT2D eigenvalue weighted by Crippen LogP contribution is 2.28. The number of nitrogens with one attached hydrogen (secondary N) is 1. The average molecular weight is 592 g/mol. The van der Waals surface area contributed by atoms with E-state index in [1.807, 2.05) is 51.1 Å². The number of amides is 2. The van der Waals surface area contributed by atoms with E-state index in [2.05, 4.69) is 5.32 Å². The zero-order valence-corrected chi connectivity index (χ0v) is 25.7. The maximum atomic E-state index is 14.2. The fourth-order valence-electron chi connectivity index (χ4n) is 4.87. The van der Waals surface area contributed by atoms with Crippen LogP contribution in [0.2, 0.25) is 5.02 Å². The number of ether oxygens (including phenoxy) is 1. The number of carbonyl (C=O) groups is 2. The lowest BCUT2D eigenvalue weighted by molar-refractivity contribution is 0.0395. The van der Waals surface area contributed by atoms with Gasteiger partial charge in [0, 0.05) is 23.3 Å². The van der Waals surface area contributed by atoms with E-state index in [1.165, 1.54) is 0 Å². The number of hydrogen-bond acceptors (Lipinski definition) is 5. The molecule has 0 aliphatic heterocycles. The summed E-state index contributed by atoms with van der Waals surface area (Å²) >= 11 is 6.12. The van der Waals surface area contributed by atoms with Crippen LogP contribution in [0.5, 0.6) is 0 Å². The molecule has 0 saturated carbocycles. The van der Waals surface area contributed by atoms with Crippen molar-refractivity contribution >= 4 is 29.1 Å². The molecule has 2 amide bonds. The van der Waals surface area contributed by atoms with Crippen molar-refractivity contribution in [1.29, 1.82) is 0 Å². The zero-order valence-electron chi connectivity index (χ0n) is 24.9. The molecule has 0 aliphatic carbocycles. The Labute approximate surface area is 251 Å². The van der Waals surface area contributed by atoms with Crippen LogP contribution < -0.4 is 10.9 Å². The Hall–Kier alpha value is -4.11. The predicted molar refractivity (Wildman–Crippen MR) is 164 cm³/mol. The third-order valence-electron chi connectivity index (χ3n) is 6.68. The number of hydrogen-bond donors (Lipinski definition) is 1. The van der Waals surface area contributed by atoms with Crippen LogP contribution in [0.25, 0.3) is 5.52 Å². The normalized spacial score (nSPS) is 12.6. The average Bonchev–Trinajstić information content (AvgIpc) is 3.38. The van der Waals surface area contributed by atoms with Crippen LogP contribution >= 0.6 is 11.6 Å². The number of rotatable bonds is 9. The fourth-order valence-corrected chi connectivity index (χ4v) is 5.00. The van der Waals surface area contributed by atoms with Gasteiger partial charge in [0.1, 0.15) is 11.1 Å². The van der Waals surface area contributed by atoms with Gasteiger partial charge >= 0.3 is 6.09 Å². The molecule has 0 bridgehead atoms. The van der Waals surface area contributed by atoms with Crippen molar-refractivity contribution in [1.82, 2.24) is 24.4 Å². The van der Waals surface area contributed by atoms with E-state index in [4.69, 9.17) is 21.4 Å². The maximum Gasteiger partial charge on any atom is 0.408 e. The molecule has 0 fully saturated rings. The van der Waals surface area contributed by atoms with Gasteiger partial charge in [0.25, 0.3) is 11.5 Å². The van der Waals surface area contributed by atoms with Crippen LogP contribution in [-0.2, 0) is 11.3 Å². The summed E-state index contributed by atoms with van der Waals surface area (Å²) in [5.41, 5.74) is -0.0146. The minimum absolute atomic E-state index is 0.108. The summed E-state index contributed by atoms with van der Waals surface area (Å²) in [6, 6.07) is 19.2. The minimum Gasteiger partial charge on any atom is -0.444 e. The van der Waals surface area contributed by atoms with Crippen molar-refractivity contribution in [3.63, 3.8) is 0 Å². The molecule has 222 valence electrons. The smallest absolute Gasteiger partial charge is 0.408 e. The van der Waals surface area contributed by atoms with Crippen molar-refractivity contribution < 1.29 is 14.3 Å². The summed E-state index contributed by atoms with van der Waals surface area (Å²) in [6.45, 7) is 11.4. The topological polar surface area (TPSA) is 97.9 Å². The van der Waals surface area contributed by atoms with E-state index in [-0.39, 0.29) is 24.6 Å². The molecule has 42 heavy (non-hydrogen) atoms. The van der Waals surface area contributed by atoms with Gasteiger partial charge in [0.15, 0.2) is 5.82 Å². The number of halogens is 1. The Bertz CT molecular complexity index is 1600. The van der Waals surface area contributed by atoms with Crippen molar-refractivity contribution in [2.24, 2.45) is 0 Å². The third kappa shape index (κ3) is 7.39. The second-order valence-electron chi connectivity index (χ2n) is 11.9. The van der Waals surface area contributed by atoms with Crippen LogP contribution in [0.1, 0.15) is 75.8 Å². The van der Waals surface area contributed by atoms with Crippen molar-refractivity contribution in [2.45, 2.75) is 71.7 Å². The second-order valence-corrected chi connectivity index (χ2v) is 12.4. The Morgan fingerprint density at radius 2 is 1.67 bits per heavy atom. The monoisotopic (exact) mass is 591 g/mol. The highest BCUT2D eigenvalue weighted by atomic mass is 35.5. The first-order chi connectivity index (χ1) is 19.8. The van der Waals surface area contributed by atoms with Crippen molar-refractivity contribution in [3.05, 3.63) is 105 Å². The molecule has 4 aromatic rings. The van der Waals surface area contributed by atoms with E-state index >= 15 is 0 Å². The van der Waals surface area contributed by atoms with Gasteiger partial charge in [-0.3, -0.25) is 14.2 Å². The lowest BCUT2D eigenvalue weighted by Gasteiger charge is -2.38. The van der Waals surface area contributed by atoms with Crippen LogP contribution in [-0.4, -0.2) is 48.8 Å². The standard InChI is InChI=1S/C32H38ClN5O4/c1-7-25(27-35-38-19-11-14-26(38)29(40)36(27)20-22-12-9-8-10-13-22)37(28(39)23-15-17-24(33)18-16-23)21-32(5,6)34-30(41)42-31(2,3)4/h8-19,25H,7,20-21H2,1-6H3,(H,34,41). The molecular formula is C32H38ClN5O4. The first-order valence-electron chi connectivity index (χ1n) is 14.0. The van der Waals surface area contributed by atoms with Crippen LogP contribution in [0.15, 0.2) is 77.7 Å². The van der Waals surface area contributed by atoms with Gasteiger partial charge in [0.05, 0.1) is 18.1 Å². The van der Waals surface area contributed by atoms with Crippen molar-refractivity contribution in [2.75, 3.05) is 6.54 Å². The van der Waals surface area contributed by atoms with Gasteiger partial charge in [-0.2, -0.15) is 5.10 Å². The van der Waals surface area contributed by atoms with E-state index in [0.717, 1.165) is 5.56 Å². The first kappa shape index (κ1) is 30.8. The van der Waals surface area contributed by atoms with Gasteiger partial charge in [-0.1, -0.05) is 48.9 Å². The molecule has 1 unspecified atom stereocenters. The highest BCUT2D eigenvalue weighted by Gasteiger charge is 2.35. The number of fused-ring (bicyclic) bond motifs is 1. The van der Waals surface area contributed by atoms with Crippen LogP contribution in [0.3, 0.4) is 0 Å². The second kappa shape index (κ2) is 12.4. The van der Waals surface area contributed by atoms with Crippen LogP contribution in [0.4, 0.5) is 4.79 Å². The Balaban J connectivity index is 1.82. The summed E-state index contributed by atoms with van der Waals surface area (Å²) in [7, 11) is 0. The number of aromatic nitrogens is 3. The van der Waals surface area contributed by atoms with E-state index in [1.54, 1.807) is 77.3 Å². The zero-order chi connectivity index (χ0) is 30.7. The first-order valence-corrected chi connectivity index (χ1v) is 14.4. The van der Waals surface area contributed by atoms with Gasteiger partial charge < -0.3 is 15.0 Å². The molecule has 0 saturated heterocycles. The lowest BCUT2D eigenvalue weighted by atomic mass is 10.0. The molecule has 0 spiro atoms. The molecule has 1 N–H and O–H groups in total. The van der Waals surface area contributed by atoms with Gasteiger partial charge in [0.2, 0.25) is 0 Å². The number of alkyl carbamates (subject to hydrolysis) is 1.